The Kier molecular flexibility index (Phi) is 5.41. The van der Waals surface area contributed by atoms with Gasteiger partial charge in [-0.1, -0.05) is 55.2 Å². The number of allylic oxidation sites excluding steroid dienone is 1. The van der Waals surface area contributed by atoms with Crippen molar-refractivity contribution in [3.8, 4) is 5.75 Å². The maximum atomic E-state index is 12.3. The van der Waals surface area contributed by atoms with Crippen LogP contribution in [0.2, 0.25) is 0 Å². The summed E-state index contributed by atoms with van der Waals surface area (Å²) >= 11 is 11.4. The zero-order valence-electron chi connectivity index (χ0n) is 13.0. The number of halogens is 2. The third-order valence-electron chi connectivity index (χ3n) is 4.38. The fourth-order valence-corrected chi connectivity index (χ4v) is 3.24. The highest BCUT2D eigenvalue weighted by atomic mass is 35.5. The van der Waals surface area contributed by atoms with E-state index in [1.54, 1.807) is 13.2 Å². The number of ether oxygens (including phenoxy) is 1. The summed E-state index contributed by atoms with van der Waals surface area (Å²) in [7, 11) is 1.65. The van der Waals surface area contributed by atoms with Crippen LogP contribution in [0.4, 0.5) is 0 Å². The summed E-state index contributed by atoms with van der Waals surface area (Å²) in [6.07, 6.45) is 2.49. The minimum absolute atomic E-state index is 0.0516. The van der Waals surface area contributed by atoms with Crippen LogP contribution in [0.1, 0.15) is 19.4 Å². The van der Waals surface area contributed by atoms with Crippen molar-refractivity contribution in [1.82, 2.24) is 5.32 Å². The van der Waals surface area contributed by atoms with Gasteiger partial charge in [0.05, 0.1) is 13.0 Å². The summed E-state index contributed by atoms with van der Waals surface area (Å²) in [6.45, 7) is 4.68. The van der Waals surface area contributed by atoms with E-state index in [-0.39, 0.29) is 27.6 Å². The van der Waals surface area contributed by atoms with E-state index in [0.717, 1.165) is 17.7 Å². The van der Waals surface area contributed by atoms with E-state index in [0.29, 0.717) is 6.54 Å². The molecule has 22 heavy (non-hydrogen) atoms. The molecule has 1 aromatic rings. The topological polar surface area (TPSA) is 38.3 Å². The number of nitrogens with one attached hydrogen (secondary N) is 1. The van der Waals surface area contributed by atoms with Crippen molar-refractivity contribution in [3.63, 3.8) is 0 Å². The first-order valence-corrected chi connectivity index (χ1v) is 8.06. The fourth-order valence-electron chi connectivity index (χ4n) is 2.97. The summed E-state index contributed by atoms with van der Waals surface area (Å²) in [4.78, 5) is 12.3. The van der Waals surface area contributed by atoms with Crippen LogP contribution in [-0.2, 0) is 11.2 Å². The van der Waals surface area contributed by atoms with Gasteiger partial charge in [0, 0.05) is 6.54 Å². The molecule has 2 rings (SSSR count). The number of para-hydroxylation sites is 1. The molecule has 1 aromatic carbocycles. The van der Waals surface area contributed by atoms with Crippen molar-refractivity contribution in [2.45, 2.75) is 20.3 Å². The zero-order valence-corrected chi connectivity index (χ0v) is 14.5. The Bertz CT molecular complexity index is 580. The predicted octanol–water partition coefficient (Wildman–Crippen LogP) is 3.95. The van der Waals surface area contributed by atoms with E-state index in [4.69, 9.17) is 27.9 Å². The number of carbonyl (C=O) groups excluding carboxylic acids is 1. The standard InChI is InChI=1S/C17H21Cl2NO2/c1-17(2)12(10-14(18)19)15(17)16(21)20-9-8-11-6-4-5-7-13(11)22-3/h4-7,10,12,15H,8-9H2,1-3H3,(H,20,21)/t12-,15-/m0/s1. The lowest BCUT2D eigenvalue weighted by molar-refractivity contribution is -0.123. The van der Waals surface area contributed by atoms with E-state index in [1.807, 2.05) is 24.3 Å². The van der Waals surface area contributed by atoms with Crippen LogP contribution < -0.4 is 10.1 Å². The highest BCUT2D eigenvalue weighted by molar-refractivity contribution is 6.55. The number of amides is 1. The van der Waals surface area contributed by atoms with Crippen LogP contribution in [0.15, 0.2) is 34.8 Å². The monoisotopic (exact) mass is 341 g/mol. The Hall–Kier alpha value is -1.19. The quantitative estimate of drug-likeness (QED) is 0.850. The number of benzene rings is 1. The normalized spacial score (nSPS) is 21.9. The molecule has 0 spiro atoms. The lowest BCUT2D eigenvalue weighted by Gasteiger charge is -2.09. The van der Waals surface area contributed by atoms with Crippen molar-refractivity contribution in [2.24, 2.45) is 17.3 Å². The first-order chi connectivity index (χ1) is 10.4. The second-order valence-corrected chi connectivity index (χ2v) is 7.14. The van der Waals surface area contributed by atoms with E-state index in [9.17, 15) is 4.79 Å². The molecule has 0 aliphatic heterocycles. The predicted molar refractivity (Wildman–Crippen MR) is 90.3 cm³/mol. The van der Waals surface area contributed by atoms with E-state index >= 15 is 0 Å². The Balaban J connectivity index is 1.88. The number of rotatable bonds is 6. The molecule has 5 heteroatoms. The van der Waals surface area contributed by atoms with Gasteiger partial charge in [-0.05, 0) is 35.5 Å². The molecule has 2 atom stereocenters. The molecule has 1 aliphatic rings. The van der Waals surface area contributed by atoms with Crippen LogP contribution in [0, 0.1) is 17.3 Å². The number of methoxy groups -OCH3 is 1. The van der Waals surface area contributed by atoms with Crippen LogP contribution in [0.5, 0.6) is 5.75 Å². The molecule has 1 aliphatic carbocycles. The molecule has 1 N–H and O–H groups in total. The Morgan fingerprint density at radius 2 is 2.05 bits per heavy atom. The van der Waals surface area contributed by atoms with Crippen molar-refractivity contribution in [1.29, 1.82) is 0 Å². The molecule has 1 amide bonds. The Morgan fingerprint density at radius 1 is 1.36 bits per heavy atom. The highest BCUT2D eigenvalue weighted by Crippen LogP contribution is 2.59. The maximum absolute atomic E-state index is 12.3. The van der Waals surface area contributed by atoms with E-state index in [2.05, 4.69) is 19.2 Å². The molecule has 0 bridgehead atoms. The SMILES string of the molecule is COc1ccccc1CCNC(=O)[C@@H]1[C@H](C=C(Cl)Cl)C1(C)C. The zero-order chi connectivity index (χ0) is 16.3. The summed E-state index contributed by atoms with van der Waals surface area (Å²) < 4.78 is 5.53. The average Bonchev–Trinajstić information content (AvgIpc) is 2.99. The van der Waals surface area contributed by atoms with Gasteiger partial charge in [0.25, 0.3) is 0 Å². The Morgan fingerprint density at radius 3 is 2.68 bits per heavy atom. The molecule has 0 unspecified atom stereocenters. The maximum Gasteiger partial charge on any atom is 0.224 e. The molecule has 0 aromatic heterocycles. The van der Waals surface area contributed by atoms with E-state index < -0.39 is 0 Å². The molecular formula is C17H21Cl2NO2. The van der Waals surface area contributed by atoms with Gasteiger partial charge in [0.1, 0.15) is 10.2 Å². The second-order valence-electron chi connectivity index (χ2n) is 6.13. The minimum atomic E-state index is -0.0937. The molecule has 3 nitrogen and oxygen atoms in total. The van der Waals surface area contributed by atoms with Crippen molar-refractivity contribution < 1.29 is 9.53 Å². The summed E-state index contributed by atoms with van der Waals surface area (Å²) in [6, 6.07) is 7.82. The van der Waals surface area contributed by atoms with Crippen molar-refractivity contribution >= 4 is 29.1 Å². The van der Waals surface area contributed by atoms with Gasteiger partial charge in [-0.3, -0.25) is 4.79 Å². The van der Waals surface area contributed by atoms with Gasteiger partial charge in [-0.2, -0.15) is 0 Å². The van der Waals surface area contributed by atoms with Crippen molar-refractivity contribution in [2.75, 3.05) is 13.7 Å². The second kappa shape index (κ2) is 6.93. The molecule has 1 saturated carbocycles. The largest absolute Gasteiger partial charge is 0.496 e. The number of hydrogen-bond donors (Lipinski definition) is 1. The first-order valence-electron chi connectivity index (χ1n) is 7.30. The lowest BCUT2D eigenvalue weighted by Crippen LogP contribution is -2.28. The third-order valence-corrected chi connectivity index (χ3v) is 4.64. The van der Waals surface area contributed by atoms with Gasteiger partial charge < -0.3 is 10.1 Å². The molecule has 1 fully saturated rings. The van der Waals surface area contributed by atoms with Gasteiger partial charge in [-0.25, -0.2) is 0 Å². The van der Waals surface area contributed by atoms with Crippen LogP contribution >= 0.6 is 23.2 Å². The van der Waals surface area contributed by atoms with Crippen LogP contribution in [0.3, 0.4) is 0 Å². The van der Waals surface area contributed by atoms with Crippen molar-refractivity contribution in [3.05, 3.63) is 40.4 Å². The fraction of sp³-hybridized carbons (Fsp3) is 0.471. The minimum Gasteiger partial charge on any atom is -0.496 e. The average molecular weight is 342 g/mol. The van der Waals surface area contributed by atoms with Crippen LogP contribution in [0.25, 0.3) is 0 Å². The summed E-state index contributed by atoms with van der Waals surface area (Å²) in [5.41, 5.74) is 0.990. The van der Waals surface area contributed by atoms with E-state index in [1.165, 1.54) is 0 Å². The molecular weight excluding hydrogens is 321 g/mol. The third kappa shape index (κ3) is 3.76. The Labute approximate surface area is 141 Å². The van der Waals surface area contributed by atoms with Gasteiger partial charge in [0.2, 0.25) is 5.91 Å². The van der Waals surface area contributed by atoms with Crippen LogP contribution in [-0.4, -0.2) is 19.6 Å². The highest BCUT2D eigenvalue weighted by Gasteiger charge is 2.60. The van der Waals surface area contributed by atoms with Gasteiger partial charge >= 0.3 is 0 Å². The molecule has 0 heterocycles. The smallest absolute Gasteiger partial charge is 0.224 e. The number of hydrogen-bond acceptors (Lipinski definition) is 2. The number of carbonyl (C=O) groups is 1. The lowest BCUT2D eigenvalue weighted by atomic mass is 10.1. The van der Waals surface area contributed by atoms with Gasteiger partial charge in [-0.15, -0.1) is 0 Å². The molecule has 120 valence electrons. The van der Waals surface area contributed by atoms with Gasteiger partial charge in [0.15, 0.2) is 0 Å². The first kappa shape index (κ1) is 17.2. The summed E-state index contributed by atoms with van der Waals surface area (Å²) in [5.74, 6) is 0.926. The molecule has 0 radical (unpaired) electrons. The summed E-state index contributed by atoms with van der Waals surface area (Å²) in [5, 5.41) is 2.99. The molecule has 0 saturated heterocycles.